The van der Waals surface area contributed by atoms with Crippen LogP contribution in [0.5, 0.6) is 0 Å². The van der Waals surface area contributed by atoms with E-state index in [4.69, 9.17) is 4.74 Å². The molecule has 0 aromatic heterocycles. The summed E-state index contributed by atoms with van der Waals surface area (Å²) in [5, 5.41) is 6.38. The quantitative estimate of drug-likeness (QED) is 0.769. The molecule has 1 amide bonds. The van der Waals surface area contributed by atoms with Crippen LogP contribution in [0, 0.1) is 0 Å². The number of methoxy groups -OCH3 is 1. The van der Waals surface area contributed by atoms with Gasteiger partial charge in [-0.2, -0.15) is 5.10 Å². The second-order valence-electron chi connectivity index (χ2n) is 7.56. The fraction of sp³-hybridized carbons (Fsp3) is 0.318. The molecule has 28 heavy (non-hydrogen) atoms. The maximum atomic E-state index is 13.5. The van der Waals surface area contributed by atoms with E-state index in [-0.39, 0.29) is 11.9 Å². The number of ether oxygens (including phenoxy) is 1. The number of fused-ring (bicyclic) bond motifs is 3. The third kappa shape index (κ3) is 2.85. The minimum atomic E-state index is -0.533. The van der Waals surface area contributed by atoms with Gasteiger partial charge in [0.15, 0.2) is 0 Å². The lowest BCUT2D eigenvalue weighted by Gasteiger charge is -2.37. The summed E-state index contributed by atoms with van der Waals surface area (Å²) in [4.78, 5) is 27.5. The van der Waals surface area contributed by atoms with Gasteiger partial charge in [-0.25, -0.2) is 4.79 Å². The number of nitrogens with zero attached hydrogens (tertiary/aromatic N) is 3. The lowest BCUT2D eigenvalue weighted by atomic mass is 9.93. The number of carbonyl (C=O) groups excluding carboxylic acids is 2. The first-order valence-electron chi connectivity index (χ1n) is 9.35. The molecule has 0 spiro atoms. The topological polar surface area (TPSA) is 62.2 Å². The number of esters is 1. The maximum Gasteiger partial charge on any atom is 0.354 e. The van der Waals surface area contributed by atoms with Crippen LogP contribution in [-0.2, 0) is 9.53 Å². The van der Waals surface area contributed by atoms with Gasteiger partial charge in [-0.3, -0.25) is 9.80 Å². The van der Waals surface area contributed by atoms with Crippen molar-refractivity contribution in [3.8, 4) is 0 Å². The van der Waals surface area contributed by atoms with Crippen molar-refractivity contribution in [1.29, 1.82) is 0 Å². The van der Waals surface area contributed by atoms with E-state index in [2.05, 4.69) is 5.10 Å². The highest BCUT2D eigenvalue weighted by Gasteiger charge is 2.48. The number of anilines is 1. The number of hydrogen-bond donors (Lipinski definition) is 0. The lowest BCUT2D eigenvalue weighted by molar-refractivity contribution is -0.132. The molecule has 6 nitrogen and oxygen atoms in total. The van der Waals surface area contributed by atoms with E-state index in [0.717, 1.165) is 11.3 Å². The van der Waals surface area contributed by atoms with E-state index in [1.54, 1.807) is 0 Å². The van der Waals surface area contributed by atoms with Crippen molar-refractivity contribution >= 4 is 23.3 Å². The van der Waals surface area contributed by atoms with Crippen molar-refractivity contribution in [2.75, 3.05) is 18.7 Å². The molecule has 6 heteroatoms. The smallest absolute Gasteiger partial charge is 0.354 e. The van der Waals surface area contributed by atoms with E-state index in [9.17, 15) is 9.59 Å². The van der Waals surface area contributed by atoms with E-state index in [1.165, 1.54) is 7.11 Å². The number of rotatable bonds is 3. The maximum absolute atomic E-state index is 13.5. The van der Waals surface area contributed by atoms with Gasteiger partial charge in [0.2, 0.25) is 0 Å². The van der Waals surface area contributed by atoms with Crippen LogP contribution in [-0.4, -0.2) is 41.7 Å². The molecule has 0 saturated heterocycles. The average Bonchev–Trinajstić information content (AvgIpc) is 3.04. The van der Waals surface area contributed by atoms with Crippen LogP contribution in [0.15, 0.2) is 59.7 Å². The Morgan fingerprint density at radius 1 is 1.14 bits per heavy atom. The van der Waals surface area contributed by atoms with Gasteiger partial charge in [0.25, 0.3) is 5.91 Å². The molecule has 2 aliphatic rings. The molecule has 4 rings (SSSR count). The predicted molar refractivity (Wildman–Crippen MR) is 107 cm³/mol. The molecule has 0 unspecified atom stereocenters. The Balaban J connectivity index is 1.81. The molecule has 2 aliphatic heterocycles. The SMILES string of the molecule is COC(=O)C1=NN2c3ccccc3C(=O)N([C@@H](C)c3ccccc3)C[C@]2(C)C1. The van der Waals surface area contributed by atoms with E-state index >= 15 is 0 Å². The molecular formula is C22H23N3O3. The fourth-order valence-electron chi connectivity index (χ4n) is 4.07. The van der Waals surface area contributed by atoms with Crippen molar-refractivity contribution in [2.24, 2.45) is 5.10 Å². The number of carbonyl (C=O) groups is 2. The standard InChI is InChI=1S/C22H23N3O3/c1-15(16-9-5-4-6-10-16)24-14-22(2)13-18(21(27)28-3)23-25(22)19-12-8-7-11-17(19)20(24)26/h4-12,15H,13-14H2,1-3H3/t15-,22-/m0/s1. The summed E-state index contributed by atoms with van der Waals surface area (Å²) < 4.78 is 4.89. The first-order valence-corrected chi connectivity index (χ1v) is 9.35. The van der Waals surface area contributed by atoms with Gasteiger partial charge in [-0.05, 0) is 31.5 Å². The van der Waals surface area contributed by atoms with Crippen LogP contribution in [0.2, 0.25) is 0 Å². The van der Waals surface area contributed by atoms with Crippen molar-refractivity contribution in [1.82, 2.24) is 4.90 Å². The number of hydrazone groups is 1. The zero-order chi connectivity index (χ0) is 19.9. The Hall–Kier alpha value is -3.15. The molecule has 0 N–H and O–H groups in total. The molecule has 0 radical (unpaired) electrons. The van der Waals surface area contributed by atoms with Crippen LogP contribution in [0.3, 0.4) is 0 Å². The van der Waals surface area contributed by atoms with Gasteiger partial charge < -0.3 is 9.64 Å². The van der Waals surface area contributed by atoms with Crippen molar-refractivity contribution < 1.29 is 14.3 Å². The van der Waals surface area contributed by atoms with E-state index in [1.807, 2.05) is 78.4 Å². The summed E-state index contributed by atoms with van der Waals surface area (Å²) in [6.45, 7) is 4.51. The molecule has 0 bridgehead atoms. The molecule has 0 aliphatic carbocycles. The lowest BCUT2D eigenvalue weighted by Crippen LogP contribution is -2.49. The van der Waals surface area contributed by atoms with Crippen LogP contribution in [0.4, 0.5) is 5.69 Å². The van der Waals surface area contributed by atoms with Gasteiger partial charge >= 0.3 is 5.97 Å². The zero-order valence-electron chi connectivity index (χ0n) is 16.3. The Morgan fingerprint density at radius 3 is 2.54 bits per heavy atom. The van der Waals surface area contributed by atoms with Crippen LogP contribution >= 0.6 is 0 Å². The van der Waals surface area contributed by atoms with E-state index < -0.39 is 11.5 Å². The largest absolute Gasteiger partial charge is 0.464 e. The number of hydrogen-bond acceptors (Lipinski definition) is 5. The van der Waals surface area contributed by atoms with Crippen LogP contribution in [0.25, 0.3) is 0 Å². The summed E-state index contributed by atoms with van der Waals surface area (Å²) in [6.07, 6.45) is 0.416. The zero-order valence-corrected chi connectivity index (χ0v) is 16.3. The minimum absolute atomic E-state index is 0.0302. The molecule has 2 aromatic rings. The summed E-state index contributed by atoms with van der Waals surface area (Å²) in [5.74, 6) is -0.460. The normalized spacial score (nSPS) is 22.1. The van der Waals surface area contributed by atoms with Crippen molar-refractivity contribution in [2.45, 2.75) is 31.8 Å². The molecule has 2 atom stereocenters. The summed E-state index contributed by atoms with van der Waals surface area (Å²) in [5.41, 5.74) is 2.22. The minimum Gasteiger partial charge on any atom is -0.464 e. The monoisotopic (exact) mass is 377 g/mol. The first-order chi connectivity index (χ1) is 13.4. The molecular weight excluding hydrogens is 354 g/mol. The summed E-state index contributed by atoms with van der Waals surface area (Å²) >= 11 is 0. The third-order valence-electron chi connectivity index (χ3n) is 5.59. The molecule has 144 valence electrons. The summed E-state index contributed by atoms with van der Waals surface area (Å²) in [7, 11) is 1.36. The summed E-state index contributed by atoms with van der Waals surface area (Å²) in [6, 6.07) is 17.3. The predicted octanol–water partition coefficient (Wildman–Crippen LogP) is 3.40. The number of benzene rings is 2. The van der Waals surface area contributed by atoms with Crippen molar-refractivity contribution in [3.63, 3.8) is 0 Å². The van der Waals surface area contributed by atoms with Crippen LogP contribution in [0.1, 0.15) is 42.2 Å². The highest BCUT2D eigenvalue weighted by Crippen LogP contribution is 2.41. The molecule has 2 aromatic carbocycles. The van der Waals surface area contributed by atoms with Gasteiger partial charge in [0, 0.05) is 13.0 Å². The number of amides is 1. The van der Waals surface area contributed by atoms with Gasteiger partial charge in [0.05, 0.1) is 29.9 Å². The Kier molecular flexibility index (Phi) is 4.41. The third-order valence-corrected chi connectivity index (χ3v) is 5.59. The first kappa shape index (κ1) is 18.2. The fourth-order valence-corrected chi connectivity index (χ4v) is 4.07. The molecule has 2 heterocycles. The molecule has 0 fully saturated rings. The van der Waals surface area contributed by atoms with Crippen LogP contribution < -0.4 is 5.01 Å². The Labute approximate surface area is 164 Å². The Morgan fingerprint density at radius 2 is 1.82 bits per heavy atom. The highest BCUT2D eigenvalue weighted by molar-refractivity contribution is 6.37. The van der Waals surface area contributed by atoms with Gasteiger partial charge in [-0.1, -0.05) is 42.5 Å². The average molecular weight is 377 g/mol. The van der Waals surface area contributed by atoms with E-state index in [0.29, 0.717) is 24.2 Å². The van der Waals surface area contributed by atoms with Gasteiger partial charge in [0.1, 0.15) is 5.71 Å². The number of para-hydroxylation sites is 1. The Bertz CT molecular complexity index is 957. The second-order valence-corrected chi connectivity index (χ2v) is 7.56. The van der Waals surface area contributed by atoms with Gasteiger partial charge in [-0.15, -0.1) is 0 Å². The highest BCUT2D eigenvalue weighted by atomic mass is 16.5. The second kappa shape index (κ2) is 6.78. The van der Waals surface area contributed by atoms with Crippen molar-refractivity contribution in [3.05, 3.63) is 65.7 Å². The molecule has 0 saturated carbocycles.